The zero-order valence-electron chi connectivity index (χ0n) is 15.6. The first-order chi connectivity index (χ1) is 13.0. The molecule has 1 aromatic heterocycles. The number of hydrogen-bond acceptors (Lipinski definition) is 5. The fourth-order valence-electron chi connectivity index (χ4n) is 3.46. The van der Waals surface area contributed by atoms with E-state index in [1.54, 1.807) is 12.0 Å². The van der Waals surface area contributed by atoms with Gasteiger partial charge in [0.2, 0.25) is 5.91 Å². The molecule has 0 N–H and O–H groups in total. The van der Waals surface area contributed by atoms with Crippen molar-refractivity contribution < 1.29 is 14.1 Å². The van der Waals surface area contributed by atoms with Crippen LogP contribution in [0.5, 0.6) is 5.75 Å². The molecule has 0 spiro atoms. The minimum Gasteiger partial charge on any atom is -0.497 e. The molecule has 2 aromatic carbocycles. The Labute approximate surface area is 157 Å². The summed E-state index contributed by atoms with van der Waals surface area (Å²) in [5.74, 6) is 1.82. The number of methoxy groups -OCH3 is 1. The number of ether oxygens (including phenoxy) is 1. The first-order valence-corrected chi connectivity index (χ1v) is 8.91. The Morgan fingerprint density at radius 3 is 2.63 bits per heavy atom. The van der Waals surface area contributed by atoms with Crippen molar-refractivity contribution in [3.05, 3.63) is 59.4 Å². The van der Waals surface area contributed by atoms with E-state index in [-0.39, 0.29) is 11.8 Å². The zero-order valence-corrected chi connectivity index (χ0v) is 15.6. The van der Waals surface area contributed by atoms with Gasteiger partial charge in [-0.15, -0.1) is 0 Å². The van der Waals surface area contributed by atoms with Gasteiger partial charge in [0, 0.05) is 30.1 Å². The van der Waals surface area contributed by atoms with Gasteiger partial charge >= 0.3 is 0 Å². The van der Waals surface area contributed by atoms with Crippen molar-refractivity contribution in [3.8, 4) is 17.2 Å². The Bertz CT molecular complexity index is 979. The van der Waals surface area contributed by atoms with E-state index in [1.807, 2.05) is 50.2 Å². The van der Waals surface area contributed by atoms with Crippen LogP contribution in [0.4, 0.5) is 5.69 Å². The van der Waals surface area contributed by atoms with Gasteiger partial charge in [0.25, 0.3) is 5.89 Å². The van der Waals surface area contributed by atoms with Gasteiger partial charge in [-0.3, -0.25) is 4.79 Å². The van der Waals surface area contributed by atoms with Gasteiger partial charge in [-0.1, -0.05) is 22.9 Å². The second-order valence-electron chi connectivity index (χ2n) is 6.88. The third-order valence-electron chi connectivity index (χ3n) is 4.93. The van der Waals surface area contributed by atoms with Gasteiger partial charge in [-0.2, -0.15) is 4.98 Å². The predicted molar refractivity (Wildman–Crippen MR) is 102 cm³/mol. The fraction of sp³-hybridized carbons (Fsp3) is 0.286. The van der Waals surface area contributed by atoms with Gasteiger partial charge < -0.3 is 14.2 Å². The van der Waals surface area contributed by atoms with Crippen LogP contribution >= 0.6 is 0 Å². The Hall–Kier alpha value is -3.15. The number of aromatic nitrogens is 2. The van der Waals surface area contributed by atoms with Crippen LogP contribution in [0.2, 0.25) is 0 Å². The normalized spacial score (nSPS) is 16.8. The van der Waals surface area contributed by atoms with Crippen LogP contribution in [0, 0.1) is 13.8 Å². The van der Waals surface area contributed by atoms with Gasteiger partial charge in [0.15, 0.2) is 5.82 Å². The van der Waals surface area contributed by atoms with Crippen molar-refractivity contribution in [1.29, 1.82) is 0 Å². The van der Waals surface area contributed by atoms with Crippen molar-refractivity contribution in [1.82, 2.24) is 10.1 Å². The molecule has 0 bridgehead atoms. The van der Waals surface area contributed by atoms with Crippen molar-refractivity contribution in [2.24, 2.45) is 0 Å². The average molecular weight is 363 g/mol. The molecule has 0 aliphatic carbocycles. The summed E-state index contributed by atoms with van der Waals surface area (Å²) >= 11 is 0. The Morgan fingerprint density at radius 2 is 1.93 bits per heavy atom. The number of carbonyl (C=O) groups is 1. The number of amides is 1. The van der Waals surface area contributed by atoms with E-state index in [0.29, 0.717) is 24.7 Å². The molecule has 1 saturated heterocycles. The lowest BCUT2D eigenvalue weighted by molar-refractivity contribution is -0.117. The number of carbonyl (C=O) groups excluding carboxylic acids is 1. The maximum atomic E-state index is 12.5. The van der Waals surface area contributed by atoms with Crippen molar-refractivity contribution >= 4 is 11.6 Å². The highest BCUT2D eigenvalue weighted by molar-refractivity contribution is 5.96. The van der Waals surface area contributed by atoms with E-state index in [2.05, 4.69) is 16.2 Å². The highest BCUT2D eigenvalue weighted by Crippen LogP contribution is 2.32. The fourth-order valence-corrected chi connectivity index (χ4v) is 3.46. The molecule has 2 heterocycles. The monoisotopic (exact) mass is 363 g/mol. The van der Waals surface area contributed by atoms with E-state index in [9.17, 15) is 4.79 Å². The summed E-state index contributed by atoms with van der Waals surface area (Å²) in [5.41, 5.74) is 4.05. The largest absolute Gasteiger partial charge is 0.497 e. The highest BCUT2D eigenvalue weighted by Gasteiger charge is 2.34. The molecule has 4 rings (SSSR count). The lowest BCUT2D eigenvalue weighted by Gasteiger charge is -2.16. The summed E-state index contributed by atoms with van der Waals surface area (Å²) in [5, 5.41) is 4.14. The van der Waals surface area contributed by atoms with E-state index >= 15 is 0 Å². The molecule has 1 fully saturated rings. The van der Waals surface area contributed by atoms with E-state index in [0.717, 1.165) is 22.6 Å². The van der Waals surface area contributed by atoms with Crippen LogP contribution in [0.3, 0.4) is 0 Å². The van der Waals surface area contributed by atoms with Crippen LogP contribution in [0.1, 0.15) is 29.3 Å². The second kappa shape index (κ2) is 6.87. The summed E-state index contributed by atoms with van der Waals surface area (Å²) in [4.78, 5) is 18.8. The molecular weight excluding hydrogens is 342 g/mol. The summed E-state index contributed by atoms with van der Waals surface area (Å²) in [6.45, 7) is 4.61. The molecule has 3 aromatic rings. The van der Waals surface area contributed by atoms with Crippen molar-refractivity contribution in [2.45, 2.75) is 26.2 Å². The average Bonchev–Trinajstić information content (AvgIpc) is 3.29. The predicted octanol–water partition coefficient (Wildman–Crippen LogP) is 3.88. The number of aryl methyl sites for hydroxylation is 2. The topological polar surface area (TPSA) is 68.5 Å². The summed E-state index contributed by atoms with van der Waals surface area (Å²) in [6.07, 6.45) is 0.373. The van der Waals surface area contributed by atoms with Crippen LogP contribution in [-0.4, -0.2) is 29.7 Å². The molecule has 0 saturated carbocycles. The molecular formula is C21H21N3O3. The standard InChI is InChI=1S/C21H21N3O3/c1-13-4-9-18(14(2)10-13)21-22-20(23-27-21)15-11-19(25)24(12-15)16-5-7-17(26-3)8-6-16/h4-10,15H,11-12H2,1-3H3/t15-/m1/s1. The van der Waals surface area contributed by atoms with Gasteiger partial charge in [0.1, 0.15) is 5.75 Å². The van der Waals surface area contributed by atoms with Gasteiger partial charge in [-0.25, -0.2) is 0 Å². The molecule has 1 aliphatic heterocycles. The van der Waals surface area contributed by atoms with Gasteiger partial charge in [-0.05, 0) is 49.7 Å². The van der Waals surface area contributed by atoms with Crippen LogP contribution in [0.25, 0.3) is 11.5 Å². The molecule has 6 nitrogen and oxygen atoms in total. The van der Waals surface area contributed by atoms with Crippen LogP contribution < -0.4 is 9.64 Å². The Kier molecular flexibility index (Phi) is 4.39. The molecule has 6 heteroatoms. The summed E-state index contributed by atoms with van der Waals surface area (Å²) < 4.78 is 10.7. The highest BCUT2D eigenvalue weighted by atomic mass is 16.5. The van der Waals surface area contributed by atoms with E-state index in [4.69, 9.17) is 9.26 Å². The van der Waals surface area contributed by atoms with Crippen LogP contribution in [-0.2, 0) is 4.79 Å². The molecule has 27 heavy (non-hydrogen) atoms. The third kappa shape index (κ3) is 3.30. The molecule has 0 unspecified atom stereocenters. The lowest BCUT2D eigenvalue weighted by atomic mass is 10.1. The maximum absolute atomic E-state index is 12.5. The minimum atomic E-state index is -0.0807. The molecule has 138 valence electrons. The maximum Gasteiger partial charge on any atom is 0.258 e. The molecule has 1 amide bonds. The van der Waals surface area contributed by atoms with E-state index in [1.165, 1.54) is 5.56 Å². The Morgan fingerprint density at radius 1 is 1.15 bits per heavy atom. The number of benzene rings is 2. The van der Waals surface area contributed by atoms with Gasteiger partial charge in [0.05, 0.1) is 7.11 Å². The quantitative estimate of drug-likeness (QED) is 0.703. The summed E-state index contributed by atoms with van der Waals surface area (Å²) in [7, 11) is 1.62. The number of rotatable bonds is 4. The lowest BCUT2D eigenvalue weighted by Crippen LogP contribution is -2.24. The SMILES string of the molecule is COc1ccc(N2C[C@H](c3noc(-c4ccc(C)cc4C)n3)CC2=O)cc1. The first-order valence-electron chi connectivity index (χ1n) is 8.91. The van der Waals surface area contributed by atoms with E-state index < -0.39 is 0 Å². The second-order valence-corrected chi connectivity index (χ2v) is 6.88. The van der Waals surface area contributed by atoms with Crippen molar-refractivity contribution in [3.63, 3.8) is 0 Å². The third-order valence-corrected chi connectivity index (χ3v) is 4.93. The molecule has 1 atom stereocenters. The summed E-state index contributed by atoms with van der Waals surface area (Å²) in [6, 6.07) is 13.6. The molecule has 1 aliphatic rings. The molecule has 0 radical (unpaired) electrons. The number of nitrogens with zero attached hydrogens (tertiary/aromatic N) is 3. The smallest absolute Gasteiger partial charge is 0.258 e. The zero-order chi connectivity index (χ0) is 19.0. The Balaban J connectivity index is 1.54. The minimum absolute atomic E-state index is 0.0584. The van der Waals surface area contributed by atoms with Crippen LogP contribution in [0.15, 0.2) is 47.0 Å². The number of anilines is 1. The number of hydrogen-bond donors (Lipinski definition) is 0. The van der Waals surface area contributed by atoms with Crippen molar-refractivity contribution in [2.75, 3.05) is 18.6 Å². The first kappa shape index (κ1) is 17.3.